The first kappa shape index (κ1) is 30.6. The third-order valence-corrected chi connectivity index (χ3v) is 7.66. The number of aromatic nitrogens is 1. The average molecular weight is 591 g/mol. The molecule has 2 aromatic rings. The molecule has 4 nitrogen and oxygen atoms in total. The van der Waals surface area contributed by atoms with E-state index >= 15 is 0 Å². The van der Waals surface area contributed by atoms with Crippen molar-refractivity contribution >= 4 is 66.2 Å². The zero-order valence-electron chi connectivity index (χ0n) is 19.2. The van der Waals surface area contributed by atoms with E-state index in [0.29, 0.717) is 24.2 Å². The van der Waals surface area contributed by atoms with Crippen LogP contribution in [-0.4, -0.2) is 71.6 Å². The van der Waals surface area contributed by atoms with Gasteiger partial charge in [0.25, 0.3) is 5.92 Å². The van der Waals surface area contributed by atoms with Crippen molar-refractivity contribution in [3.05, 3.63) is 58.2 Å². The molecule has 11 heteroatoms. The van der Waals surface area contributed by atoms with E-state index in [2.05, 4.69) is 26.9 Å². The summed E-state index contributed by atoms with van der Waals surface area (Å²) in [6.07, 6.45) is 4.55. The van der Waals surface area contributed by atoms with Gasteiger partial charge in [0.1, 0.15) is 5.82 Å². The molecule has 3 aliphatic heterocycles. The van der Waals surface area contributed by atoms with Crippen LogP contribution in [0.5, 0.6) is 0 Å². The molecule has 4 heterocycles. The molecule has 0 radical (unpaired) electrons. The van der Waals surface area contributed by atoms with Crippen molar-refractivity contribution in [2.24, 2.45) is 0 Å². The lowest BCUT2D eigenvalue weighted by Gasteiger charge is -2.49. The van der Waals surface area contributed by atoms with E-state index < -0.39 is 5.92 Å². The molecule has 196 valence electrons. The second-order valence-corrected chi connectivity index (χ2v) is 10.2. The zero-order chi connectivity index (χ0) is 22.3. The Morgan fingerprint density at radius 1 is 0.914 bits per heavy atom. The van der Waals surface area contributed by atoms with Crippen LogP contribution < -0.4 is 4.90 Å². The van der Waals surface area contributed by atoms with Gasteiger partial charge in [0.15, 0.2) is 0 Å². The minimum absolute atomic E-state index is 0. The van der Waals surface area contributed by atoms with Gasteiger partial charge < -0.3 is 4.90 Å². The quantitative estimate of drug-likeness (QED) is 0.419. The molecule has 0 N–H and O–H groups in total. The molecule has 0 amide bonds. The highest BCUT2D eigenvalue weighted by atomic mass is 35.5. The second kappa shape index (κ2) is 12.8. The van der Waals surface area contributed by atoms with Crippen molar-refractivity contribution in [3.63, 3.8) is 0 Å². The van der Waals surface area contributed by atoms with Crippen molar-refractivity contribution in [1.29, 1.82) is 0 Å². The van der Waals surface area contributed by atoms with Gasteiger partial charge in [0, 0.05) is 67.0 Å². The largest absolute Gasteiger partial charge is 0.356 e. The lowest BCUT2D eigenvalue weighted by Crippen LogP contribution is -2.61. The van der Waals surface area contributed by atoms with Gasteiger partial charge in [-0.1, -0.05) is 35.3 Å². The van der Waals surface area contributed by atoms with Crippen LogP contribution in [0, 0.1) is 0 Å². The van der Waals surface area contributed by atoms with Gasteiger partial charge in [-0.3, -0.25) is 9.80 Å². The predicted molar refractivity (Wildman–Crippen MR) is 147 cm³/mol. The van der Waals surface area contributed by atoms with Gasteiger partial charge in [-0.15, -0.1) is 37.2 Å². The van der Waals surface area contributed by atoms with Crippen LogP contribution in [0.3, 0.4) is 0 Å². The highest BCUT2D eigenvalue weighted by Gasteiger charge is 2.49. The third kappa shape index (κ3) is 7.25. The average Bonchev–Trinajstić information content (AvgIpc) is 3.08. The maximum Gasteiger partial charge on any atom is 0.262 e. The molecule has 2 atom stereocenters. The third-order valence-electron chi connectivity index (χ3n) is 7.17. The van der Waals surface area contributed by atoms with Crippen LogP contribution in [0.1, 0.15) is 24.8 Å². The smallest absolute Gasteiger partial charge is 0.262 e. The molecule has 3 aliphatic rings. The molecule has 35 heavy (non-hydrogen) atoms. The van der Waals surface area contributed by atoms with Crippen molar-refractivity contribution in [2.75, 3.05) is 37.6 Å². The Hall–Kier alpha value is -0.600. The predicted octanol–water partition coefficient (Wildman–Crippen LogP) is 6.26. The van der Waals surface area contributed by atoms with Crippen molar-refractivity contribution < 1.29 is 8.78 Å². The monoisotopic (exact) mass is 588 g/mol. The van der Waals surface area contributed by atoms with Crippen molar-refractivity contribution in [3.8, 4) is 0 Å². The molecule has 0 saturated carbocycles. The number of pyridine rings is 1. The number of benzene rings is 1. The van der Waals surface area contributed by atoms with Crippen LogP contribution in [0.4, 0.5) is 14.6 Å². The number of anilines is 1. The summed E-state index contributed by atoms with van der Waals surface area (Å²) in [6, 6.07) is 12.2. The van der Waals surface area contributed by atoms with E-state index in [-0.39, 0.29) is 62.3 Å². The number of rotatable bonds is 4. The molecule has 0 unspecified atom stereocenters. The summed E-state index contributed by atoms with van der Waals surface area (Å²) in [5, 5.41) is 1.41. The number of fused-ring (bicyclic) bond motifs is 1. The first-order valence-corrected chi connectivity index (χ1v) is 12.1. The Morgan fingerprint density at radius 3 is 2.26 bits per heavy atom. The molecule has 1 aromatic heterocycles. The highest BCUT2D eigenvalue weighted by Crippen LogP contribution is 2.37. The molecule has 3 saturated heterocycles. The van der Waals surface area contributed by atoms with Crippen molar-refractivity contribution in [2.45, 2.75) is 49.7 Å². The van der Waals surface area contributed by atoms with E-state index in [1.807, 2.05) is 23.1 Å². The number of hydrogen-bond donors (Lipinski definition) is 0. The molecule has 0 spiro atoms. The minimum atomic E-state index is -2.58. The minimum Gasteiger partial charge on any atom is -0.356 e. The van der Waals surface area contributed by atoms with Gasteiger partial charge in [-0.05, 0) is 49.1 Å². The summed E-state index contributed by atoms with van der Waals surface area (Å²) in [5.74, 6) is -1.67. The Kier molecular flexibility index (Phi) is 11.2. The van der Waals surface area contributed by atoms with Gasteiger partial charge >= 0.3 is 0 Å². The number of alkyl halides is 2. The normalized spacial score (nSPS) is 24.6. The molecule has 3 fully saturated rings. The molecule has 0 bridgehead atoms. The Bertz CT molecular complexity index is 944. The summed E-state index contributed by atoms with van der Waals surface area (Å²) in [6.45, 7) is 3.09. The lowest BCUT2D eigenvalue weighted by atomic mass is 9.94. The van der Waals surface area contributed by atoms with Crippen LogP contribution >= 0.6 is 60.4 Å². The molecule has 1 aromatic carbocycles. The Balaban J connectivity index is 0.00000144. The summed E-state index contributed by atoms with van der Waals surface area (Å²) in [4.78, 5) is 11.3. The van der Waals surface area contributed by atoms with Gasteiger partial charge in [0.05, 0.1) is 6.54 Å². The first-order chi connectivity index (χ1) is 15.4. The Morgan fingerprint density at radius 2 is 1.60 bits per heavy atom. The molecular formula is C24H31Cl5F2N4. The summed E-state index contributed by atoms with van der Waals surface area (Å²) < 4.78 is 28.4. The van der Waals surface area contributed by atoms with E-state index in [4.69, 9.17) is 23.2 Å². The number of halogens is 7. The maximum atomic E-state index is 14.2. The molecular weight excluding hydrogens is 560 g/mol. The second-order valence-electron chi connectivity index (χ2n) is 9.38. The number of piperazine rings is 1. The van der Waals surface area contributed by atoms with E-state index in [9.17, 15) is 8.78 Å². The van der Waals surface area contributed by atoms with Gasteiger partial charge in [-0.25, -0.2) is 13.8 Å². The molecule has 5 rings (SSSR count). The topological polar surface area (TPSA) is 22.6 Å². The van der Waals surface area contributed by atoms with E-state index in [1.54, 1.807) is 12.3 Å². The maximum absolute atomic E-state index is 14.2. The van der Waals surface area contributed by atoms with Gasteiger partial charge in [-0.2, -0.15) is 0 Å². The van der Waals surface area contributed by atoms with E-state index in [0.717, 1.165) is 43.2 Å². The van der Waals surface area contributed by atoms with Gasteiger partial charge in [0.2, 0.25) is 0 Å². The number of hydrogen-bond acceptors (Lipinski definition) is 4. The SMILES string of the molecule is Cl.Cl.Cl.FC1(F)C[C@H]2CN(C3CCN(c4cc(Cl)ccn4)CC3)[C@@H](Cc3ccc(Cl)cc3)CN2C1. The number of nitrogens with zero attached hydrogens (tertiary/aromatic N) is 4. The fourth-order valence-corrected chi connectivity index (χ4v) is 5.92. The summed E-state index contributed by atoms with van der Waals surface area (Å²) in [7, 11) is 0. The molecule has 0 aliphatic carbocycles. The van der Waals surface area contributed by atoms with E-state index in [1.165, 1.54) is 5.56 Å². The highest BCUT2D eigenvalue weighted by molar-refractivity contribution is 6.31. The fourth-order valence-electron chi connectivity index (χ4n) is 5.64. The lowest BCUT2D eigenvalue weighted by molar-refractivity contribution is 0.00133. The fraction of sp³-hybridized carbons (Fsp3) is 0.542. The zero-order valence-corrected chi connectivity index (χ0v) is 23.1. The van der Waals surface area contributed by atoms with Crippen LogP contribution in [0.15, 0.2) is 42.6 Å². The standard InChI is InChI=1S/C24H28Cl2F2N4.3ClH/c25-18-3-1-17(2-4-18)11-21-14-31-16-24(27,28)13-22(31)15-32(21)20-6-9-30(10-7-20)23-12-19(26)5-8-29-23;;;/h1-5,8,12,20-22H,6-7,9-11,13-16H2;3*1H/t21-,22-;;;/m0.../s1. The first-order valence-electron chi connectivity index (χ1n) is 11.3. The summed E-state index contributed by atoms with van der Waals surface area (Å²) >= 11 is 12.2. The Labute approximate surface area is 234 Å². The number of piperidine rings is 1. The van der Waals surface area contributed by atoms with Crippen molar-refractivity contribution in [1.82, 2.24) is 14.8 Å². The van der Waals surface area contributed by atoms with Crippen LogP contribution in [-0.2, 0) is 6.42 Å². The van der Waals surface area contributed by atoms with Crippen LogP contribution in [0.25, 0.3) is 0 Å². The summed E-state index contributed by atoms with van der Waals surface area (Å²) in [5.41, 5.74) is 1.20. The van der Waals surface area contributed by atoms with Crippen LogP contribution in [0.2, 0.25) is 10.0 Å².